The van der Waals surface area contributed by atoms with Crippen molar-refractivity contribution in [1.82, 2.24) is 0 Å². The molecule has 1 aromatic heterocycles. The lowest BCUT2D eigenvalue weighted by molar-refractivity contribution is -0.665. The molecule has 3 aromatic rings. The summed E-state index contributed by atoms with van der Waals surface area (Å²) in [4.78, 5) is 1.96. The first-order valence-corrected chi connectivity index (χ1v) is 9.47. The van der Waals surface area contributed by atoms with Gasteiger partial charge in [0.25, 0.3) is 5.01 Å². The van der Waals surface area contributed by atoms with E-state index in [2.05, 4.69) is 11.5 Å². The van der Waals surface area contributed by atoms with Crippen molar-refractivity contribution in [3.8, 4) is 5.75 Å². The quantitative estimate of drug-likeness (QED) is 0.602. The molecule has 2 aromatic carbocycles. The van der Waals surface area contributed by atoms with Gasteiger partial charge in [-0.25, -0.2) is 4.39 Å². The van der Waals surface area contributed by atoms with Crippen LogP contribution in [0.5, 0.6) is 5.75 Å². The molecule has 0 amide bonds. The van der Waals surface area contributed by atoms with E-state index in [1.807, 2.05) is 54.4 Å². The molecule has 0 fully saturated rings. The Morgan fingerprint density at radius 2 is 2.07 bits per heavy atom. The van der Waals surface area contributed by atoms with Gasteiger partial charge in [-0.3, -0.25) is 0 Å². The molecule has 0 aliphatic carbocycles. The molecule has 7 heteroatoms. The van der Waals surface area contributed by atoms with Crippen molar-refractivity contribution in [2.45, 2.75) is 13.5 Å². The number of ether oxygens (including phenoxy) is 1. The van der Waals surface area contributed by atoms with Crippen LogP contribution in [-0.2, 0) is 6.54 Å². The van der Waals surface area contributed by atoms with E-state index in [0.717, 1.165) is 39.1 Å². The zero-order valence-electron chi connectivity index (χ0n) is 14.7. The fourth-order valence-electron chi connectivity index (χ4n) is 3.02. The summed E-state index contributed by atoms with van der Waals surface area (Å²) in [6, 6.07) is 10.5. The van der Waals surface area contributed by atoms with E-state index < -0.39 is 0 Å². The SMILES string of the molecule is CC[n+]1c(/C=C/C=C2\Oc3ccc(Cl)cc3N2C)sc2ccc(F)cc21.[Cl-]. The van der Waals surface area contributed by atoms with Gasteiger partial charge in [0.05, 0.1) is 5.69 Å². The summed E-state index contributed by atoms with van der Waals surface area (Å²) in [6.07, 6.45) is 5.89. The molecule has 1 aliphatic rings. The molecule has 0 saturated carbocycles. The second-order valence-corrected chi connectivity index (χ2v) is 7.43. The Morgan fingerprint density at radius 3 is 2.85 bits per heavy atom. The Labute approximate surface area is 172 Å². The Hall–Kier alpha value is -2.08. The highest BCUT2D eigenvalue weighted by molar-refractivity contribution is 7.18. The number of anilines is 1. The number of thiazole rings is 1. The number of halogens is 3. The van der Waals surface area contributed by atoms with Gasteiger partial charge in [-0.05, 0) is 49.4 Å². The van der Waals surface area contributed by atoms with Crippen molar-refractivity contribution in [2.24, 2.45) is 0 Å². The number of benzene rings is 2. The third-order valence-corrected chi connectivity index (χ3v) is 5.68. The Morgan fingerprint density at radius 1 is 1.26 bits per heavy atom. The van der Waals surface area contributed by atoms with Crippen LogP contribution >= 0.6 is 22.9 Å². The maximum absolute atomic E-state index is 13.6. The maximum atomic E-state index is 13.6. The van der Waals surface area contributed by atoms with Crippen molar-refractivity contribution in [1.29, 1.82) is 0 Å². The van der Waals surface area contributed by atoms with E-state index in [0.29, 0.717) is 5.02 Å². The summed E-state index contributed by atoms with van der Waals surface area (Å²) in [5.74, 6) is 1.30. The lowest BCUT2D eigenvalue weighted by atomic mass is 10.3. The van der Waals surface area contributed by atoms with Crippen molar-refractivity contribution in [3.63, 3.8) is 0 Å². The molecule has 3 nitrogen and oxygen atoms in total. The molecular weight excluding hydrogens is 406 g/mol. The average molecular weight is 423 g/mol. The van der Waals surface area contributed by atoms with Crippen LogP contribution in [0.2, 0.25) is 5.02 Å². The molecule has 2 heterocycles. The van der Waals surface area contributed by atoms with Gasteiger partial charge in [0.15, 0.2) is 11.6 Å². The highest BCUT2D eigenvalue weighted by atomic mass is 35.5. The first kappa shape index (κ1) is 19.7. The predicted octanol–water partition coefficient (Wildman–Crippen LogP) is 2.39. The van der Waals surface area contributed by atoms with Crippen LogP contribution in [0.25, 0.3) is 16.3 Å². The molecule has 0 unspecified atom stereocenters. The molecular formula is C20H17Cl2FN2OS. The number of hydrogen-bond acceptors (Lipinski definition) is 3. The van der Waals surface area contributed by atoms with Crippen molar-refractivity contribution < 1.29 is 26.1 Å². The summed E-state index contributed by atoms with van der Waals surface area (Å²) in [5, 5.41) is 1.74. The average Bonchev–Trinajstić information content (AvgIpc) is 3.12. The lowest BCUT2D eigenvalue weighted by Gasteiger charge is -2.09. The van der Waals surface area contributed by atoms with E-state index in [1.165, 1.54) is 6.07 Å². The van der Waals surface area contributed by atoms with Gasteiger partial charge in [0.2, 0.25) is 5.52 Å². The third kappa shape index (κ3) is 3.68. The van der Waals surface area contributed by atoms with E-state index in [-0.39, 0.29) is 18.2 Å². The maximum Gasteiger partial charge on any atom is 0.262 e. The van der Waals surface area contributed by atoms with Crippen LogP contribution < -0.4 is 26.6 Å². The number of aryl methyl sites for hydroxylation is 1. The Kier molecular flexibility index (Phi) is 5.75. The normalized spacial score (nSPS) is 14.7. The van der Waals surface area contributed by atoms with Crippen LogP contribution in [-0.4, -0.2) is 7.05 Å². The summed E-state index contributed by atoms with van der Waals surface area (Å²) in [6.45, 7) is 2.83. The lowest BCUT2D eigenvalue weighted by Crippen LogP contribution is -3.00. The summed E-state index contributed by atoms with van der Waals surface area (Å²) in [5.41, 5.74) is 1.86. The molecule has 1 aliphatic heterocycles. The molecule has 0 bridgehead atoms. The summed E-state index contributed by atoms with van der Waals surface area (Å²) >= 11 is 7.70. The van der Waals surface area contributed by atoms with Gasteiger partial charge in [-0.15, -0.1) is 0 Å². The smallest absolute Gasteiger partial charge is 0.262 e. The molecule has 0 spiro atoms. The van der Waals surface area contributed by atoms with Gasteiger partial charge in [0.1, 0.15) is 17.1 Å². The number of nitrogens with zero attached hydrogens (tertiary/aromatic N) is 2. The highest BCUT2D eigenvalue weighted by Gasteiger charge is 2.23. The molecule has 0 saturated heterocycles. The van der Waals surface area contributed by atoms with Crippen LogP contribution in [0.1, 0.15) is 11.9 Å². The Bertz CT molecular complexity index is 1060. The van der Waals surface area contributed by atoms with Crippen LogP contribution in [0, 0.1) is 5.82 Å². The van der Waals surface area contributed by atoms with Gasteiger partial charge >= 0.3 is 0 Å². The van der Waals surface area contributed by atoms with Gasteiger partial charge in [-0.1, -0.05) is 22.9 Å². The van der Waals surface area contributed by atoms with Crippen molar-refractivity contribution in [2.75, 3.05) is 11.9 Å². The van der Waals surface area contributed by atoms with E-state index in [1.54, 1.807) is 17.4 Å². The standard InChI is InChI=1S/C20H17ClFN2OS.ClH/c1-3-24-16-12-14(22)8-10-18(16)26-20(24)6-4-5-19-23(2)15-11-13(21)7-9-17(15)25-19;/h4-12H,3H2,1-2H3;1H/q+1;/p-1. The Balaban J connectivity index is 0.00000210. The fraction of sp³-hybridized carbons (Fsp3) is 0.150. The van der Waals surface area contributed by atoms with E-state index >= 15 is 0 Å². The number of fused-ring (bicyclic) bond motifs is 2. The van der Waals surface area contributed by atoms with Crippen LogP contribution in [0.3, 0.4) is 0 Å². The minimum Gasteiger partial charge on any atom is -1.00 e. The minimum absolute atomic E-state index is 0. The van der Waals surface area contributed by atoms with E-state index in [4.69, 9.17) is 16.3 Å². The number of hydrogen-bond donors (Lipinski definition) is 0. The molecule has 140 valence electrons. The first-order chi connectivity index (χ1) is 12.6. The largest absolute Gasteiger partial charge is 1.00 e. The monoisotopic (exact) mass is 422 g/mol. The third-order valence-electron chi connectivity index (χ3n) is 4.31. The fourth-order valence-corrected chi connectivity index (χ4v) is 4.31. The zero-order valence-corrected chi connectivity index (χ0v) is 17.1. The summed E-state index contributed by atoms with van der Waals surface area (Å²) in [7, 11) is 1.94. The molecule has 4 rings (SSSR count). The van der Waals surface area contributed by atoms with Crippen LogP contribution in [0.4, 0.5) is 10.1 Å². The number of aromatic nitrogens is 1. The topological polar surface area (TPSA) is 16.4 Å². The minimum atomic E-state index is -0.215. The predicted molar refractivity (Wildman–Crippen MR) is 105 cm³/mol. The van der Waals surface area contributed by atoms with E-state index in [9.17, 15) is 4.39 Å². The van der Waals surface area contributed by atoms with Crippen LogP contribution in [0.15, 0.2) is 54.4 Å². The van der Waals surface area contributed by atoms with Gasteiger partial charge < -0.3 is 22.0 Å². The van der Waals surface area contributed by atoms with Crippen molar-refractivity contribution >= 4 is 44.9 Å². The summed E-state index contributed by atoms with van der Waals surface area (Å²) < 4.78 is 22.6. The molecule has 0 radical (unpaired) electrons. The van der Waals surface area contributed by atoms with Gasteiger partial charge in [0, 0.05) is 24.2 Å². The molecule has 0 N–H and O–H groups in total. The van der Waals surface area contributed by atoms with Gasteiger partial charge in [-0.2, -0.15) is 4.57 Å². The second kappa shape index (κ2) is 7.89. The number of allylic oxidation sites excluding steroid dienone is 2. The second-order valence-electron chi connectivity index (χ2n) is 5.93. The zero-order chi connectivity index (χ0) is 18.3. The molecule has 27 heavy (non-hydrogen) atoms. The first-order valence-electron chi connectivity index (χ1n) is 8.28. The van der Waals surface area contributed by atoms with Crippen molar-refractivity contribution in [3.05, 3.63) is 70.3 Å². The molecule has 0 atom stereocenters. The number of rotatable bonds is 3. The highest BCUT2D eigenvalue weighted by Crippen LogP contribution is 2.39.